The van der Waals surface area contributed by atoms with Gasteiger partial charge in [0.2, 0.25) is 0 Å². The third kappa shape index (κ3) is 2.01. The molecule has 0 bridgehead atoms. The minimum atomic E-state index is -0.0700. The fourth-order valence-electron chi connectivity index (χ4n) is 2.38. The quantitative estimate of drug-likeness (QED) is 0.813. The first-order chi connectivity index (χ1) is 8.16. The lowest BCUT2D eigenvalue weighted by Gasteiger charge is -2.17. The largest absolute Gasteiger partial charge is 0.383 e. The molecule has 3 N–H and O–H groups in total. The third-order valence-electron chi connectivity index (χ3n) is 3.79. The Kier molecular flexibility index (Phi) is 2.34. The normalized spacial score (nSPS) is 19.6. The molecular weight excluding hydrogens is 216 g/mol. The van der Waals surface area contributed by atoms with Gasteiger partial charge in [-0.15, -0.1) is 0 Å². The van der Waals surface area contributed by atoms with Crippen LogP contribution in [0.25, 0.3) is 0 Å². The Balaban J connectivity index is 1.71. The van der Waals surface area contributed by atoms with Crippen molar-refractivity contribution in [3.8, 4) is 0 Å². The van der Waals surface area contributed by atoms with Crippen LogP contribution < -0.4 is 11.1 Å². The van der Waals surface area contributed by atoms with Crippen LogP contribution in [0.3, 0.4) is 0 Å². The van der Waals surface area contributed by atoms with Gasteiger partial charge in [0.15, 0.2) is 0 Å². The van der Waals surface area contributed by atoms with Crippen LogP contribution in [0.15, 0.2) is 6.20 Å². The van der Waals surface area contributed by atoms with E-state index in [-0.39, 0.29) is 5.91 Å². The number of nitrogens with zero attached hydrogens (tertiary/aromatic N) is 2. The van der Waals surface area contributed by atoms with Crippen LogP contribution in [0, 0.1) is 11.8 Å². The second-order valence-electron chi connectivity index (χ2n) is 5.24. The van der Waals surface area contributed by atoms with E-state index in [1.54, 1.807) is 13.2 Å². The molecule has 5 nitrogen and oxygen atoms in total. The van der Waals surface area contributed by atoms with Gasteiger partial charge in [0.25, 0.3) is 5.91 Å². The number of hydrogen-bond acceptors (Lipinski definition) is 3. The van der Waals surface area contributed by atoms with E-state index in [1.165, 1.54) is 30.4 Å². The summed E-state index contributed by atoms with van der Waals surface area (Å²) < 4.78 is 1.53. The third-order valence-corrected chi connectivity index (χ3v) is 3.79. The number of aryl methyl sites for hydroxylation is 1. The molecular formula is C12H18N4O. The van der Waals surface area contributed by atoms with E-state index < -0.39 is 0 Å². The van der Waals surface area contributed by atoms with Gasteiger partial charge in [-0.05, 0) is 37.5 Å². The lowest BCUT2D eigenvalue weighted by molar-refractivity contribution is 0.0927. The molecule has 2 saturated carbocycles. The fourth-order valence-corrected chi connectivity index (χ4v) is 2.38. The molecule has 2 fully saturated rings. The van der Waals surface area contributed by atoms with Crippen molar-refractivity contribution in [3.63, 3.8) is 0 Å². The molecule has 0 radical (unpaired) electrons. The molecule has 92 valence electrons. The molecule has 0 aliphatic heterocycles. The van der Waals surface area contributed by atoms with Crippen molar-refractivity contribution in [2.45, 2.75) is 31.7 Å². The van der Waals surface area contributed by atoms with Crippen LogP contribution in [-0.2, 0) is 7.05 Å². The van der Waals surface area contributed by atoms with Crippen LogP contribution in [0.1, 0.15) is 36.0 Å². The zero-order valence-electron chi connectivity index (χ0n) is 10.0. The number of nitrogens with one attached hydrogen (secondary N) is 1. The van der Waals surface area contributed by atoms with Gasteiger partial charge in [-0.3, -0.25) is 9.48 Å². The summed E-state index contributed by atoms with van der Waals surface area (Å²) in [6.07, 6.45) is 6.56. The molecule has 5 heteroatoms. The topological polar surface area (TPSA) is 72.9 Å². The van der Waals surface area contributed by atoms with Gasteiger partial charge >= 0.3 is 0 Å². The molecule has 1 amide bonds. The van der Waals surface area contributed by atoms with Gasteiger partial charge in [0, 0.05) is 13.1 Å². The molecule has 0 saturated heterocycles. The van der Waals surface area contributed by atoms with Crippen LogP contribution in [-0.4, -0.2) is 21.7 Å². The number of nitrogen functional groups attached to an aromatic ring is 1. The second-order valence-corrected chi connectivity index (χ2v) is 5.24. The van der Waals surface area contributed by atoms with E-state index in [9.17, 15) is 4.79 Å². The van der Waals surface area contributed by atoms with E-state index in [0.717, 1.165) is 0 Å². The number of amides is 1. The number of carbonyl (C=O) groups is 1. The predicted octanol–water partition coefficient (Wildman–Crippen LogP) is 0.921. The Morgan fingerprint density at radius 2 is 2.06 bits per heavy atom. The lowest BCUT2D eigenvalue weighted by atomic mass is 10.1. The Bertz CT molecular complexity index is 433. The minimum Gasteiger partial charge on any atom is -0.383 e. The smallest absolute Gasteiger partial charge is 0.256 e. The van der Waals surface area contributed by atoms with Crippen molar-refractivity contribution >= 4 is 11.7 Å². The molecule has 0 atom stereocenters. The maximum absolute atomic E-state index is 12.1. The average Bonchev–Trinajstić information content (AvgIpc) is 3.18. The van der Waals surface area contributed by atoms with Crippen LogP contribution in [0.4, 0.5) is 5.82 Å². The van der Waals surface area contributed by atoms with Crippen LogP contribution in [0.5, 0.6) is 0 Å². The summed E-state index contributed by atoms with van der Waals surface area (Å²) in [7, 11) is 1.74. The number of rotatable bonds is 4. The fraction of sp³-hybridized carbons (Fsp3) is 0.667. The van der Waals surface area contributed by atoms with Crippen molar-refractivity contribution in [1.82, 2.24) is 15.1 Å². The maximum atomic E-state index is 12.1. The lowest BCUT2D eigenvalue weighted by Crippen LogP contribution is -2.38. The van der Waals surface area contributed by atoms with Gasteiger partial charge in [0.1, 0.15) is 11.4 Å². The first-order valence-corrected chi connectivity index (χ1v) is 6.25. The summed E-state index contributed by atoms with van der Waals surface area (Å²) in [4.78, 5) is 12.1. The molecule has 0 aromatic carbocycles. The van der Waals surface area contributed by atoms with Crippen LogP contribution in [0.2, 0.25) is 0 Å². The molecule has 17 heavy (non-hydrogen) atoms. The molecule has 3 rings (SSSR count). The minimum absolute atomic E-state index is 0.0700. The van der Waals surface area contributed by atoms with Crippen LogP contribution >= 0.6 is 0 Å². The van der Waals surface area contributed by atoms with Crippen molar-refractivity contribution < 1.29 is 4.79 Å². The van der Waals surface area contributed by atoms with Gasteiger partial charge < -0.3 is 11.1 Å². The van der Waals surface area contributed by atoms with Gasteiger partial charge in [0.05, 0.1) is 6.20 Å². The average molecular weight is 234 g/mol. The standard InChI is InChI=1S/C12H18N4O/c1-16-11(13)9(6-14-16)12(17)15-10(7-2-3-7)8-4-5-8/h6-8,10H,2-5,13H2,1H3,(H,15,17). The highest BCUT2D eigenvalue weighted by molar-refractivity contribution is 5.98. The van der Waals surface area contributed by atoms with Gasteiger partial charge in [-0.25, -0.2) is 0 Å². The molecule has 2 aliphatic carbocycles. The van der Waals surface area contributed by atoms with Gasteiger partial charge in [-0.1, -0.05) is 0 Å². The summed E-state index contributed by atoms with van der Waals surface area (Å²) in [5.74, 6) is 1.76. The van der Waals surface area contributed by atoms with Crippen molar-refractivity contribution in [2.75, 3.05) is 5.73 Å². The highest BCUT2D eigenvalue weighted by Gasteiger charge is 2.42. The van der Waals surface area contributed by atoms with Crippen molar-refractivity contribution in [2.24, 2.45) is 18.9 Å². The van der Waals surface area contributed by atoms with Crippen molar-refractivity contribution in [1.29, 1.82) is 0 Å². The van der Waals surface area contributed by atoms with Crippen molar-refractivity contribution in [3.05, 3.63) is 11.8 Å². The Morgan fingerprint density at radius 1 is 1.47 bits per heavy atom. The number of nitrogens with two attached hydrogens (primary N) is 1. The molecule has 1 aromatic heterocycles. The second kappa shape index (κ2) is 3.75. The first-order valence-electron chi connectivity index (χ1n) is 6.25. The zero-order chi connectivity index (χ0) is 12.0. The SMILES string of the molecule is Cn1ncc(C(=O)NC(C2CC2)C2CC2)c1N. The molecule has 1 heterocycles. The van der Waals surface area contributed by atoms with E-state index in [0.29, 0.717) is 29.3 Å². The molecule has 2 aliphatic rings. The number of aromatic nitrogens is 2. The highest BCUT2D eigenvalue weighted by Crippen LogP contribution is 2.44. The summed E-state index contributed by atoms with van der Waals surface area (Å²) in [6, 6.07) is 0.363. The summed E-state index contributed by atoms with van der Waals surface area (Å²) in [5, 5.41) is 7.14. The summed E-state index contributed by atoms with van der Waals surface area (Å²) in [6.45, 7) is 0. The highest BCUT2D eigenvalue weighted by atomic mass is 16.1. The van der Waals surface area contributed by atoms with Gasteiger partial charge in [-0.2, -0.15) is 5.10 Å². The number of hydrogen-bond donors (Lipinski definition) is 2. The molecule has 1 aromatic rings. The van der Waals surface area contributed by atoms with E-state index in [2.05, 4.69) is 10.4 Å². The molecule has 0 unspecified atom stereocenters. The van der Waals surface area contributed by atoms with E-state index in [1.807, 2.05) is 0 Å². The Morgan fingerprint density at radius 3 is 2.47 bits per heavy atom. The Labute approximate surface area is 100 Å². The summed E-state index contributed by atoms with van der Waals surface area (Å²) >= 11 is 0. The number of anilines is 1. The first kappa shape index (κ1) is 10.6. The Hall–Kier alpha value is -1.52. The monoisotopic (exact) mass is 234 g/mol. The van der Waals surface area contributed by atoms with E-state index in [4.69, 9.17) is 5.73 Å². The van der Waals surface area contributed by atoms with E-state index >= 15 is 0 Å². The molecule has 0 spiro atoms. The zero-order valence-corrected chi connectivity index (χ0v) is 10.0. The number of carbonyl (C=O) groups excluding carboxylic acids is 1. The maximum Gasteiger partial charge on any atom is 0.256 e. The predicted molar refractivity (Wildman–Crippen MR) is 64.3 cm³/mol. The summed E-state index contributed by atoms with van der Waals surface area (Å²) in [5.41, 5.74) is 6.30.